The van der Waals surface area contributed by atoms with Crippen LogP contribution >= 0.6 is 0 Å². The van der Waals surface area contributed by atoms with Crippen molar-refractivity contribution in [2.75, 3.05) is 0 Å². The summed E-state index contributed by atoms with van der Waals surface area (Å²) in [6.07, 6.45) is 13.1. The summed E-state index contributed by atoms with van der Waals surface area (Å²) in [7, 11) is 0. The molecule has 148 valence electrons. The second kappa shape index (κ2) is 6.09. The summed E-state index contributed by atoms with van der Waals surface area (Å²) in [6.45, 7) is 5.93. The SMILES string of the molecule is C#C[C@]1(O)CC[C@H]2[C@@H]3[C@@H](OC(C)=O)C=C4C[C@H](O)CC[C@]4(C)[C@H]3CC[C@@]21C. The van der Waals surface area contributed by atoms with Crippen molar-refractivity contribution < 1.29 is 19.7 Å². The highest BCUT2D eigenvalue weighted by Crippen LogP contribution is 2.67. The Balaban J connectivity index is 1.79. The number of hydrogen-bond donors (Lipinski definition) is 2. The smallest absolute Gasteiger partial charge is 0.303 e. The minimum absolute atomic E-state index is 0.0404. The largest absolute Gasteiger partial charge is 0.458 e. The highest BCUT2D eigenvalue weighted by Gasteiger charge is 2.65. The van der Waals surface area contributed by atoms with Crippen molar-refractivity contribution >= 4 is 5.97 Å². The number of esters is 1. The molecule has 0 bridgehead atoms. The average molecular weight is 373 g/mol. The van der Waals surface area contributed by atoms with Crippen molar-refractivity contribution in [1.29, 1.82) is 0 Å². The van der Waals surface area contributed by atoms with Crippen molar-refractivity contribution in [3.8, 4) is 12.3 Å². The van der Waals surface area contributed by atoms with Crippen LogP contribution in [0, 0.1) is 40.9 Å². The molecule has 0 amide bonds. The number of hydrogen-bond acceptors (Lipinski definition) is 4. The maximum atomic E-state index is 11.9. The second-order valence-electron chi connectivity index (χ2n) is 9.87. The lowest BCUT2D eigenvalue weighted by atomic mass is 9.46. The fourth-order valence-electron chi connectivity index (χ4n) is 7.16. The maximum absolute atomic E-state index is 11.9. The third-order valence-corrected chi connectivity index (χ3v) is 8.77. The first-order chi connectivity index (χ1) is 12.6. The Kier molecular flexibility index (Phi) is 4.29. The summed E-state index contributed by atoms with van der Waals surface area (Å²) < 4.78 is 5.81. The van der Waals surface area contributed by atoms with Crippen LogP contribution in [0.3, 0.4) is 0 Å². The molecule has 0 unspecified atom stereocenters. The Morgan fingerprint density at radius 2 is 1.93 bits per heavy atom. The van der Waals surface area contributed by atoms with Gasteiger partial charge in [-0.1, -0.05) is 25.3 Å². The molecular weight excluding hydrogens is 340 g/mol. The molecule has 3 fully saturated rings. The Morgan fingerprint density at radius 1 is 1.22 bits per heavy atom. The lowest BCUT2D eigenvalue weighted by Crippen LogP contribution is -2.58. The van der Waals surface area contributed by atoms with Gasteiger partial charge in [-0.25, -0.2) is 0 Å². The van der Waals surface area contributed by atoms with Gasteiger partial charge >= 0.3 is 5.97 Å². The quantitative estimate of drug-likeness (QED) is 0.421. The standard InChI is InChI=1S/C23H32O4/c1-5-23(26)11-8-18-20-17(7-10-22(18,23)4)21(3)9-6-16(25)12-15(21)13-19(20)27-14(2)24/h1,13,16-20,25-26H,6-12H2,2-4H3/t16-,17+,18+,19+,20-,21+,22+,23+/m1/s1. The third-order valence-electron chi connectivity index (χ3n) is 8.77. The predicted molar refractivity (Wildman–Crippen MR) is 102 cm³/mol. The Hall–Kier alpha value is -1.31. The van der Waals surface area contributed by atoms with Gasteiger partial charge in [0.25, 0.3) is 0 Å². The molecule has 0 aliphatic heterocycles. The van der Waals surface area contributed by atoms with Crippen LogP contribution in [-0.4, -0.2) is 34.0 Å². The van der Waals surface area contributed by atoms with Crippen molar-refractivity contribution in [3.63, 3.8) is 0 Å². The molecule has 0 spiro atoms. The number of ether oxygens (including phenoxy) is 1. The van der Waals surface area contributed by atoms with Gasteiger partial charge in [0.2, 0.25) is 0 Å². The van der Waals surface area contributed by atoms with Gasteiger partial charge in [0, 0.05) is 18.3 Å². The molecule has 0 aromatic rings. The lowest BCUT2D eigenvalue weighted by molar-refractivity contribution is -0.162. The van der Waals surface area contributed by atoms with E-state index in [1.165, 1.54) is 12.5 Å². The van der Waals surface area contributed by atoms with Gasteiger partial charge in [0.05, 0.1) is 6.10 Å². The van der Waals surface area contributed by atoms with E-state index in [0.29, 0.717) is 18.8 Å². The second-order valence-corrected chi connectivity index (χ2v) is 9.87. The van der Waals surface area contributed by atoms with Crippen LogP contribution in [0.4, 0.5) is 0 Å². The zero-order valence-electron chi connectivity index (χ0n) is 16.7. The van der Waals surface area contributed by atoms with Crippen LogP contribution < -0.4 is 0 Å². The van der Waals surface area contributed by atoms with Crippen LogP contribution in [0.1, 0.15) is 65.7 Å². The van der Waals surface area contributed by atoms with Crippen LogP contribution in [0.15, 0.2) is 11.6 Å². The molecule has 4 aliphatic rings. The number of carbonyl (C=O) groups is 1. The fraction of sp³-hybridized carbons (Fsp3) is 0.783. The molecule has 0 saturated heterocycles. The zero-order chi connectivity index (χ0) is 19.6. The minimum atomic E-state index is -1.07. The monoisotopic (exact) mass is 372 g/mol. The molecule has 3 saturated carbocycles. The highest BCUT2D eigenvalue weighted by molar-refractivity contribution is 5.66. The molecule has 0 heterocycles. The number of terminal acetylenes is 1. The molecule has 0 radical (unpaired) electrons. The van der Waals surface area contributed by atoms with Crippen molar-refractivity contribution in [1.82, 2.24) is 0 Å². The molecule has 4 heteroatoms. The van der Waals surface area contributed by atoms with Gasteiger partial charge in [0.15, 0.2) is 0 Å². The van der Waals surface area contributed by atoms with E-state index < -0.39 is 5.60 Å². The first kappa shape index (κ1) is 19.0. The van der Waals surface area contributed by atoms with Gasteiger partial charge in [-0.15, -0.1) is 6.42 Å². The topological polar surface area (TPSA) is 66.8 Å². The number of aliphatic hydroxyl groups excluding tert-OH is 1. The van der Waals surface area contributed by atoms with E-state index in [4.69, 9.17) is 11.2 Å². The van der Waals surface area contributed by atoms with E-state index in [2.05, 4.69) is 25.8 Å². The van der Waals surface area contributed by atoms with Gasteiger partial charge in [-0.2, -0.15) is 0 Å². The Labute approximate surface area is 162 Å². The Morgan fingerprint density at radius 3 is 2.59 bits per heavy atom. The molecular formula is C23H32O4. The molecule has 27 heavy (non-hydrogen) atoms. The van der Waals surface area contributed by atoms with Crippen molar-refractivity contribution in [2.24, 2.45) is 28.6 Å². The summed E-state index contributed by atoms with van der Waals surface area (Å²) in [5.74, 6) is 3.25. The summed E-state index contributed by atoms with van der Waals surface area (Å²) >= 11 is 0. The van der Waals surface area contributed by atoms with Gasteiger partial charge in [-0.05, 0) is 68.3 Å². The van der Waals surface area contributed by atoms with E-state index in [9.17, 15) is 15.0 Å². The van der Waals surface area contributed by atoms with E-state index in [0.717, 1.165) is 32.1 Å². The van der Waals surface area contributed by atoms with Crippen molar-refractivity contribution in [2.45, 2.75) is 83.5 Å². The van der Waals surface area contributed by atoms with Crippen LogP contribution in [0.25, 0.3) is 0 Å². The predicted octanol–water partition coefficient (Wildman–Crippen LogP) is 3.22. The van der Waals surface area contributed by atoms with Gasteiger partial charge in [0.1, 0.15) is 11.7 Å². The van der Waals surface area contributed by atoms with Crippen LogP contribution in [0.5, 0.6) is 0 Å². The summed E-state index contributed by atoms with van der Waals surface area (Å²) in [5, 5.41) is 21.4. The first-order valence-electron chi connectivity index (χ1n) is 10.4. The minimum Gasteiger partial charge on any atom is -0.458 e. The fourth-order valence-corrected chi connectivity index (χ4v) is 7.16. The average Bonchev–Trinajstić information content (AvgIpc) is 2.88. The van der Waals surface area contributed by atoms with E-state index in [-0.39, 0.29) is 40.8 Å². The zero-order valence-corrected chi connectivity index (χ0v) is 16.7. The number of fused-ring (bicyclic) bond motifs is 5. The molecule has 2 N–H and O–H groups in total. The molecule has 4 rings (SSSR count). The molecule has 4 aliphatic carbocycles. The molecule has 4 nitrogen and oxygen atoms in total. The summed E-state index contributed by atoms with van der Waals surface area (Å²) in [5.41, 5.74) is -0.116. The van der Waals surface area contributed by atoms with E-state index >= 15 is 0 Å². The van der Waals surface area contributed by atoms with E-state index in [1.54, 1.807) is 0 Å². The molecule has 8 atom stereocenters. The number of rotatable bonds is 1. The number of carbonyl (C=O) groups excluding carboxylic acids is 1. The Bertz CT molecular complexity index is 720. The number of aliphatic hydroxyl groups is 2. The van der Waals surface area contributed by atoms with Crippen molar-refractivity contribution in [3.05, 3.63) is 11.6 Å². The summed E-state index contributed by atoms with van der Waals surface area (Å²) in [4.78, 5) is 11.9. The first-order valence-corrected chi connectivity index (χ1v) is 10.4. The van der Waals surface area contributed by atoms with Crippen LogP contribution in [-0.2, 0) is 9.53 Å². The van der Waals surface area contributed by atoms with Gasteiger partial charge < -0.3 is 14.9 Å². The maximum Gasteiger partial charge on any atom is 0.303 e. The molecule has 0 aromatic carbocycles. The lowest BCUT2D eigenvalue weighted by Gasteiger charge is -2.59. The highest BCUT2D eigenvalue weighted by atomic mass is 16.5. The van der Waals surface area contributed by atoms with E-state index in [1.807, 2.05) is 0 Å². The van der Waals surface area contributed by atoms with Gasteiger partial charge in [-0.3, -0.25) is 4.79 Å². The summed E-state index contributed by atoms with van der Waals surface area (Å²) in [6, 6.07) is 0. The molecule has 0 aromatic heterocycles. The normalized spacial score (nSPS) is 51.3. The third kappa shape index (κ3) is 2.54. The van der Waals surface area contributed by atoms with Crippen LogP contribution in [0.2, 0.25) is 0 Å².